The van der Waals surface area contributed by atoms with Crippen molar-refractivity contribution in [1.82, 2.24) is 0 Å². The van der Waals surface area contributed by atoms with E-state index in [-0.39, 0.29) is 11.5 Å². The molecule has 5 unspecified atom stereocenters. The second-order valence-corrected chi connectivity index (χ2v) is 8.15. The zero-order chi connectivity index (χ0) is 17.2. The van der Waals surface area contributed by atoms with Gasteiger partial charge >= 0.3 is 0 Å². The van der Waals surface area contributed by atoms with Crippen LogP contribution in [0.3, 0.4) is 0 Å². The summed E-state index contributed by atoms with van der Waals surface area (Å²) in [5.41, 5.74) is 2.49. The van der Waals surface area contributed by atoms with Crippen LogP contribution in [0.2, 0.25) is 0 Å². The van der Waals surface area contributed by atoms with Gasteiger partial charge in [0.2, 0.25) is 0 Å². The highest BCUT2D eigenvalue weighted by Gasteiger charge is 2.45. The van der Waals surface area contributed by atoms with Gasteiger partial charge in [0.1, 0.15) is 5.78 Å². The first kappa shape index (κ1) is 18.4. The molecule has 0 aromatic carbocycles. The molecule has 0 radical (unpaired) electrons. The van der Waals surface area contributed by atoms with Gasteiger partial charge < -0.3 is 5.11 Å². The van der Waals surface area contributed by atoms with Crippen molar-refractivity contribution in [2.45, 2.75) is 79.2 Å². The highest BCUT2D eigenvalue weighted by molar-refractivity contribution is 5.85. The fraction of sp³-hybridized carbons (Fsp3) is 0.762. The number of allylic oxidation sites excluding steroid dienone is 3. The molecule has 0 bridgehead atoms. The number of carbonyl (C=O) groups excluding carboxylic acids is 1. The summed E-state index contributed by atoms with van der Waals surface area (Å²) in [5.74, 6) is 1.85. The number of hydrogen-bond acceptors (Lipinski definition) is 2. The van der Waals surface area contributed by atoms with Crippen molar-refractivity contribution in [3.8, 4) is 0 Å². The summed E-state index contributed by atoms with van der Waals surface area (Å²) in [6, 6.07) is 0. The number of ketones is 1. The van der Waals surface area contributed by atoms with Crippen LogP contribution < -0.4 is 0 Å². The Hall–Kier alpha value is -0.890. The molecule has 130 valence electrons. The monoisotopic (exact) mass is 318 g/mol. The van der Waals surface area contributed by atoms with Gasteiger partial charge in [-0.15, -0.1) is 0 Å². The molecule has 2 aliphatic carbocycles. The minimum atomic E-state index is -0.211. The average Bonchev–Trinajstić information content (AvgIpc) is 2.52. The molecule has 23 heavy (non-hydrogen) atoms. The molecule has 1 fully saturated rings. The van der Waals surface area contributed by atoms with E-state index < -0.39 is 0 Å². The lowest BCUT2D eigenvalue weighted by Gasteiger charge is -2.46. The number of aliphatic hydroxyl groups excluding tert-OH is 1. The van der Waals surface area contributed by atoms with Crippen molar-refractivity contribution in [3.63, 3.8) is 0 Å². The summed E-state index contributed by atoms with van der Waals surface area (Å²) in [6.45, 7) is 10.8. The van der Waals surface area contributed by atoms with Gasteiger partial charge in [0.25, 0.3) is 0 Å². The van der Waals surface area contributed by atoms with Crippen molar-refractivity contribution in [3.05, 3.63) is 23.3 Å². The van der Waals surface area contributed by atoms with Crippen LogP contribution in [0.25, 0.3) is 0 Å². The molecule has 0 aliphatic heterocycles. The van der Waals surface area contributed by atoms with E-state index in [0.717, 1.165) is 32.1 Å². The molecule has 0 heterocycles. The van der Waals surface area contributed by atoms with Gasteiger partial charge in [-0.05, 0) is 56.8 Å². The van der Waals surface area contributed by atoms with Gasteiger partial charge in [0.15, 0.2) is 0 Å². The highest BCUT2D eigenvalue weighted by Crippen LogP contribution is 2.50. The summed E-state index contributed by atoms with van der Waals surface area (Å²) in [7, 11) is 0. The van der Waals surface area contributed by atoms with Gasteiger partial charge in [0.05, 0.1) is 6.10 Å². The van der Waals surface area contributed by atoms with E-state index in [1.807, 2.05) is 6.92 Å². The topological polar surface area (TPSA) is 37.3 Å². The molecule has 2 heteroatoms. The quantitative estimate of drug-likeness (QED) is 0.771. The molecule has 0 spiro atoms. The number of Topliss-reactive ketones (excluding diaryl/α,β-unsaturated/α-hetero) is 1. The molecule has 2 rings (SSSR count). The fourth-order valence-corrected chi connectivity index (χ4v) is 4.63. The lowest BCUT2D eigenvalue weighted by molar-refractivity contribution is -0.131. The van der Waals surface area contributed by atoms with Crippen LogP contribution in [0, 0.1) is 23.2 Å². The first-order valence-electron chi connectivity index (χ1n) is 9.38. The van der Waals surface area contributed by atoms with Crippen LogP contribution in [0.4, 0.5) is 0 Å². The molecule has 2 nitrogen and oxygen atoms in total. The number of hydrogen-bond donors (Lipinski definition) is 1. The maximum absolute atomic E-state index is 12.6. The van der Waals surface area contributed by atoms with Crippen LogP contribution in [0.15, 0.2) is 23.3 Å². The third-order valence-electron chi connectivity index (χ3n) is 6.58. The zero-order valence-electron chi connectivity index (χ0n) is 15.6. The summed E-state index contributed by atoms with van der Waals surface area (Å²) in [4.78, 5) is 12.6. The maximum atomic E-state index is 12.6. The standard InChI is InChI=1S/C21H34O2/c1-6-20(23)21(5)12-11-18-15(3)8-9-17(22)13-14(2)7-10-19(18)16(21)4/h7,10,15-18,22H,6,8-9,11-13H2,1-5H3/b14-7+,19-10-. The van der Waals surface area contributed by atoms with Gasteiger partial charge in [-0.2, -0.15) is 0 Å². The van der Waals surface area contributed by atoms with Gasteiger partial charge in [0, 0.05) is 11.8 Å². The summed E-state index contributed by atoms with van der Waals surface area (Å²) in [5, 5.41) is 10.1. The van der Waals surface area contributed by atoms with Crippen LogP contribution >= 0.6 is 0 Å². The Bertz CT molecular complexity index is 502. The minimum Gasteiger partial charge on any atom is -0.393 e. The summed E-state index contributed by atoms with van der Waals surface area (Å²) >= 11 is 0. The average molecular weight is 319 g/mol. The Balaban J connectivity index is 2.39. The lowest BCUT2D eigenvalue weighted by atomic mass is 9.58. The number of aliphatic hydroxyl groups is 1. The highest BCUT2D eigenvalue weighted by atomic mass is 16.3. The van der Waals surface area contributed by atoms with Crippen LogP contribution in [0.5, 0.6) is 0 Å². The van der Waals surface area contributed by atoms with Gasteiger partial charge in [-0.1, -0.05) is 51.0 Å². The molecule has 0 amide bonds. The predicted octanol–water partition coefficient (Wildman–Crippen LogP) is 5.07. The number of rotatable bonds is 2. The van der Waals surface area contributed by atoms with Crippen molar-refractivity contribution in [1.29, 1.82) is 0 Å². The molecule has 1 N–H and O–H groups in total. The molecule has 5 atom stereocenters. The van der Waals surface area contributed by atoms with Crippen LogP contribution in [-0.2, 0) is 4.79 Å². The molecule has 1 saturated carbocycles. The minimum absolute atomic E-state index is 0.206. The number of carbonyl (C=O) groups is 1. The van der Waals surface area contributed by atoms with E-state index in [1.165, 1.54) is 11.1 Å². The molecular formula is C21H34O2. The predicted molar refractivity (Wildman–Crippen MR) is 96.2 cm³/mol. The smallest absolute Gasteiger partial charge is 0.139 e. The van der Waals surface area contributed by atoms with Crippen molar-refractivity contribution < 1.29 is 9.90 Å². The first-order valence-corrected chi connectivity index (χ1v) is 9.38. The first-order chi connectivity index (χ1) is 10.8. The van der Waals surface area contributed by atoms with Crippen molar-refractivity contribution in [2.75, 3.05) is 0 Å². The molecule has 2 aliphatic rings. The zero-order valence-corrected chi connectivity index (χ0v) is 15.6. The van der Waals surface area contributed by atoms with E-state index in [2.05, 4.69) is 39.8 Å². The third-order valence-corrected chi connectivity index (χ3v) is 6.58. The maximum Gasteiger partial charge on any atom is 0.139 e. The Morgan fingerprint density at radius 1 is 1.26 bits per heavy atom. The second kappa shape index (κ2) is 7.34. The van der Waals surface area contributed by atoms with Gasteiger partial charge in [-0.3, -0.25) is 4.79 Å². The van der Waals surface area contributed by atoms with Crippen LogP contribution in [0.1, 0.15) is 73.1 Å². The fourth-order valence-electron chi connectivity index (χ4n) is 4.63. The number of fused-ring (bicyclic) bond motifs is 1. The SMILES string of the molecule is CCC(=O)C1(C)CCC2/C(=C\C=C(/C)CC(O)CCC2C)C1C. The lowest BCUT2D eigenvalue weighted by Crippen LogP contribution is -2.42. The van der Waals surface area contributed by atoms with E-state index >= 15 is 0 Å². The Kier molecular flexibility index (Phi) is 5.89. The Morgan fingerprint density at radius 3 is 2.61 bits per heavy atom. The molecular weight excluding hydrogens is 284 g/mol. The molecule has 0 aromatic heterocycles. The molecule has 0 saturated heterocycles. The van der Waals surface area contributed by atoms with E-state index in [1.54, 1.807) is 0 Å². The van der Waals surface area contributed by atoms with E-state index in [4.69, 9.17) is 0 Å². The summed E-state index contributed by atoms with van der Waals surface area (Å²) in [6.07, 6.45) is 9.70. The Labute approximate surface area is 142 Å². The van der Waals surface area contributed by atoms with Crippen LogP contribution in [-0.4, -0.2) is 17.0 Å². The Morgan fingerprint density at radius 2 is 1.96 bits per heavy atom. The molecule has 0 aromatic rings. The largest absolute Gasteiger partial charge is 0.393 e. The van der Waals surface area contributed by atoms with Crippen molar-refractivity contribution >= 4 is 5.78 Å². The van der Waals surface area contributed by atoms with E-state index in [0.29, 0.717) is 30.0 Å². The third kappa shape index (κ3) is 3.79. The summed E-state index contributed by atoms with van der Waals surface area (Å²) < 4.78 is 0. The van der Waals surface area contributed by atoms with Gasteiger partial charge in [-0.25, -0.2) is 0 Å². The van der Waals surface area contributed by atoms with Crippen molar-refractivity contribution in [2.24, 2.45) is 23.2 Å². The second-order valence-electron chi connectivity index (χ2n) is 8.15. The van der Waals surface area contributed by atoms with E-state index in [9.17, 15) is 9.90 Å². The normalized spacial score (nSPS) is 43.6.